The van der Waals surface area contributed by atoms with Crippen LogP contribution in [0.1, 0.15) is 11.3 Å². The number of nitrogens with zero attached hydrogens (tertiary/aromatic N) is 1. The summed E-state index contributed by atoms with van der Waals surface area (Å²) in [6.07, 6.45) is -4.09. The number of amides is 1. The Bertz CT molecular complexity index is 1190. The van der Waals surface area contributed by atoms with Gasteiger partial charge in [0, 0.05) is 29.9 Å². The third-order valence-electron chi connectivity index (χ3n) is 4.36. The maximum absolute atomic E-state index is 13.5. The van der Waals surface area contributed by atoms with Crippen LogP contribution in [0.25, 0.3) is 11.1 Å². The van der Waals surface area contributed by atoms with Crippen molar-refractivity contribution >= 4 is 11.8 Å². The first-order valence-corrected chi connectivity index (χ1v) is 9.81. The molecule has 1 aromatic heterocycles. The Morgan fingerprint density at radius 1 is 1.06 bits per heavy atom. The van der Waals surface area contributed by atoms with Gasteiger partial charge in [-0.25, -0.2) is 13.6 Å². The van der Waals surface area contributed by atoms with Gasteiger partial charge >= 0.3 is 12.3 Å². The maximum Gasteiger partial charge on any atom is 0.411 e. The summed E-state index contributed by atoms with van der Waals surface area (Å²) in [5, 5.41) is 8.90. The molecule has 1 amide bonds. The van der Waals surface area contributed by atoms with Gasteiger partial charge in [-0.15, -0.1) is 0 Å². The average Bonchev–Trinajstić information content (AvgIpc) is 2.74. The smallest absolute Gasteiger partial charge is 0.411 e. The fourth-order valence-electron chi connectivity index (χ4n) is 2.98. The van der Waals surface area contributed by atoms with E-state index in [1.54, 1.807) is 12.1 Å². The Kier molecular flexibility index (Phi) is 7.95. The maximum atomic E-state index is 13.5. The van der Waals surface area contributed by atoms with Crippen molar-refractivity contribution in [2.24, 2.45) is 0 Å². The van der Waals surface area contributed by atoms with Crippen LogP contribution in [-0.4, -0.2) is 42.3 Å². The molecule has 0 radical (unpaired) electrons. The van der Waals surface area contributed by atoms with Gasteiger partial charge in [0.25, 0.3) is 0 Å². The van der Waals surface area contributed by atoms with Gasteiger partial charge in [0.2, 0.25) is 5.43 Å². The van der Waals surface area contributed by atoms with Gasteiger partial charge in [0.15, 0.2) is 0 Å². The summed E-state index contributed by atoms with van der Waals surface area (Å²) < 4.78 is 72.1. The van der Waals surface area contributed by atoms with Crippen LogP contribution in [0.2, 0.25) is 0 Å². The van der Waals surface area contributed by atoms with Crippen LogP contribution >= 0.6 is 0 Å². The number of carbonyl (C=O) groups is 1. The molecule has 0 atom stereocenters. The van der Waals surface area contributed by atoms with Gasteiger partial charge in [0.05, 0.1) is 6.61 Å². The Labute approximate surface area is 189 Å². The fourth-order valence-corrected chi connectivity index (χ4v) is 2.98. The predicted octanol–water partition coefficient (Wildman–Crippen LogP) is 4.43. The molecule has 0 unspecified atom stereocenters. The number of H-pyrrole nitrogens is 1. The number of hydrogen-bond donors (Lipinski definition) is 2. The van der Waals surface area contributed by atoms with Crippen molar-refractivity contribution in [1.29, 1.82) is 0 Å². The molecule has 0 bridgehead atoms. The highest BCUT2D eigenvalue weighted by atomic mass is 19.4. The van der Waals surface area contributed by atoms with Crippen LogP contribution in [0, 0.1) is 11.6 Å². The third-order valence-corrected chi connectivity index (χ3v) is 4.36. The first-order valence-electron chi connectivity index (χ1n) is 9.81. The normalized spacial score (nSPS) is 11.3. The van der Waals surface area contributed by atoms with Gasteiger partial charge in [-0.1, -0.05) is 12.1 Å². The van der Waals surface area contributed by atoms with Crippen molar-refractivity contribution in [3.8, 4) is 11.1 Å². The van der Waals surface area contributed by atoms with Crippen molar-refractivity contribution in [2.75, 3.05) is 25.1 Å². The fraction of sp³-hybridized carbons (Fsp3) is 0.227. The second kappa shape index (κ2) is 10.9. The number of halogens is 5. The number of ether oxygens (including phenoxy) is 2. The average molecular weight is 483 g/mol. The number of nitrogens with one attached hydrogen (secondary N) is 2. The van der Waals surface area contributed by atoms with Crippen molar-refractivity contribution in [3.63, 3.8) is 0 Å². The minimum absolute atomic E-state index is 0.0361. The molecule has 0 saturated carbocycles. The van der Waals surface area contributed by atoms with Gasteiger partial charge in [-0.3, -0.25) is 15.2 Å². The summed E-state index contributed by atoms with van der Waals surface area (Å²) in [6.45, 7) is -2.25. The molecule has 12 heteroatoms. The van der Waals surface area contributed by atoms with E-state index in [-0.39, 0.29) is 29.8 Å². The molecule has 1 heterocycles. The largest absolute Gasteiger partial charge is 0.447 e. The van der Waals surface area contributed by atoms with Gasteiger partial charge in [-0.2, -0.15) is 18.3 Å². The molecular formula is C22H18F5N3O4. The zero-order chi connectivity index (χ0) is 24.7. The molecule has 3 rings (SSSR count). The molecule has 0 spiro atoms. The standard InChI is InChI=1S/C22H18F5N3O4/c23-15-8-14(9-16(24)10-15)18-11-28-30-19(20(18)31)7-13-2-1-3-17(6-13)29-21(32)34-5-4-33-12-22(25,26)27/h1-3,6,8-11H,4-5,7,12H2,(H,28,31)(H,29,32). The number of alkyl halides is 3. The lowest BCUT2D eigenvalue weighted by molar-refractivity contribution is -0.175. The van der Waals surface area contributed by atoms with E-state index in [0.717, 1.165) is 12.1 Å². The number of benzene rings is 2. The molecule has 0 aliphatic heterocycles. The molecule has 0 aliphatic rings. The summed E-state index contributed by atoms with van der Waals surface area (Å²) in [7, 11) is 0. The Hall–Kier alpha value is -3.80. The molecule has 34 heavy (non-hydrogen) atoms. The first kappa shape index (κ1) is 24.8. The van der Waals surface area contributed by atoms with Crippen LogP contribution in [0.4, 0.5) is 32.4 Å². The van der Waals surface area contributed by atoms with E-state index < -0.39 is 42.5 Å². The molecule has 2 N–H and O–H groups in total. The molecule has 3 aromatic rings. The number of aromatic nitrogens is 2. The molecule has 7 nitrogen and oxygen atoms in total. The van der Waals surface area contributed by atoms with Gasteiger partial charge in [0.1, 0.15) is 30.5 Å². The van der Waals surface area contributed by atoms with Crippen LogP contribution < -0.4 is 10.7 Å². The minimum atomic E-state index is -4.47. The SMILES string of the molecule is O=C(Nc1cccc(Cc2n[nH]cc(-c3cc(F)cc(F)c3)c2=O)c1)OCCOCC(F)(F)F. The lowest BCUT2D eigenvalue weighted by Crippen LogP contribution is -2.21. The minimum Gasteiger partial charge on any atom is -0.447 e. The first-order chi connectivity index (χ1) is 16.1. The van der Waals surface area contributed by atoms with Crippen molar-refractivity contribution in [1.82, 2.24) is 10.2 Å². The summed E-state index contributed by atoms with van der Waals surface area (Å²) in [5.41, 5.74) is 0.517. The van der Waals surface area contributed by atoms with Crippen LogP contribution in [-0.2, 0) is 15.9 Å². The van der Waals surface area contributed by atoms with E-state index in [4.69, 9.17) is 4.74 Å². The van der Waals surface area contributed by atoms with E-state index in [9.17, 15) is 31.5 Å². The lowest BCUT2D eigenvalue weighted by atomic mass is 10.0. The molecule has 180 valence electrons. The second-order valence-corrected chi connectivity index (χ2v) is 7.04. The summed E-state index contributed by atoms with van der Waals surface area (Å²) in [6, 6.07) is 9.09. The number of rotatable bonds is 8. The molecule has 0 aliphatic carbocycles. The number of anilines is 1. The van der Waals surface area contributed by atoms with Crippen molar-refractivity contribution in [2.45, 2.75) is 12.6 Å². The second-order valence-electron chi connectivity index (χ2n) is 7.04. The Morgan fingerprint density at radius 2 is 1.79 bits per heavy atom. The third kappa shape index (κ3) is 7.37. The summed E-state index contributed by atoms with van der Waals surface area (Å²) >= 11 is 0. The van der Waals surface area contributed by atoms with E-state index in [2.05, 4.69) is 20.3 Å². The number of carbonyl (C=O) groups excluding carboxylic acids is 1. The molecular weight excluding hydrogens is 465 g/mol. The summed E-state index contributed by atoms with van der Waals surface area (Å²) in [5.74, 6) is -1.66. The highest BCUT2D eigenvalue weighted by Crippen LogP contribution is 2.19. The lowest BCUT2D eigenvalue weighted by Gasteiger charge is -2.10. The van der Waals surface area contributed by atoms with E-state index in [0.29, 0.717) is 17.3 Å². The van der Waals surface area contributed by atoms with E-state index in [1.807, 2.05) is 0 Å². The monoisotopic (exact) mass is 483 g/mol. The Morgan fingerprint density at radius 3 is 2.50 bits per heavy atom. The van der Waals surface area contributed by atoms with Crippen molar-refractivity contribution < 1.29 is 36.2 Å². The van der Waals surface area contributed by atoms with Crippen molar-refractivity contribution in [3.05, 3.63) is 81.8 Å². The zero-order valence-corrected chi connectivity index (χ0v) is 17.4. The van der Waals surface area contributed by atoms with E-state index >= 15 is 0 Å². The highest BCUT2D eigenvalue weighted by Gasteiger charge is 2.27. The highest BCUT2D eigenvalue weighted by molar-refractivity contribution is 5.84. The van der Waals surface area contributed by atoms with E-state index in [1.165, 1.54) is 18.3 Å². The van der Waals surface area contributed by atoms with Gasteiger partial charge < -0.3 is 9.47 Å². The Balaban J connectivity index is 1.63. The zero-order valence-electron chi connectivity index (χ0n) is 17.4. The van der Waals surface area contributed by atoms with Crippen LogP contribution in [0.5, 0.6) is 0 Å². The van der Waals surface area contributed by atoms with Crippen LogP contribution in [0.3, 0.4) is 0 Å². The topological polar surface area (TPSA) is 93.3 Å². The summed E-state index contributed by atoms with van der Waals surface area (Å²) in [4.78, 5) is 24.6. The van der Waals surface area contributed by atoms with Crippen LogP contribution in [0.15, 0.2) is 53.5 Å². The number of hydrogen-bond acceptors (Lipinski definition) is 5. The predicted molar refractivity (Wildman–Crippen MR) is 111 cm³/mol. The molecule has 0 fully saturated rings. The quantitative estimate of drug-likeness (QED) is 0.365. The van der Waals surface area contributed by atoms with Gasteiger partial charge in [-0.05, 0) is 35.4 Å². The molecule has 0 saturated heterocycles. The number of aromatic amines is 1. The molecule has 2 aromatic carbocycles.